The Bertz CT molecular complexity index is 1380. The van der Waals surface area contributed by atoms with Crippen LogP contribution in [0.1, 0.15) is 24.0 Å². The van der Waals surface area contributed by atoms with Gasteiger partial charge in [0, 0.05) is 43.1 Å². The molecule has 0 saturated carbocycles. The molecule has 0 radical (unpaired) electrons. The third-order valence-corrected chi connectivity index (χ3v) is 9.78. The monoisotopic (exact) mass is 603 g/mol. The van der Waals surface area contributed by atoms with Crippen LogP contribution in [-0.2, 0) is 30.8 Å². The molecule has 220 valence electrons. The van der Waals surface area contributed by atoms with Crippen molar-refractivity contribution in [2.75, 3.05) is 38.2 Å². The first-order valence-corrected chi connectivity index (χ1v) is 15.7. The van der Waals surface area contributed by atoms with E-state index in [1.54, 1.807) is 40.9 Å². The van der Waals surface area contributed by atoms with Crippen LogP contribution in [0.25, 0.3) is 0 Å². The number of amides is 2. The van der Waals surface area contributed by atoms with Crippen molar-refractivity contribution in [2.24, 2.45) is 5.73 Å². The minimum Gasteiger partial charge on any atom is -0.467 e. The van der Waals surface area contributed by atoms with Crippen LogP contribution in [0.15, 0.2) is 53.4 Å². The van der Waals surface area contributed by atoms with Crippen LogP contribution in [0, 0.1) is 5.41 Å². The molecule has 0 spiro atoms. The van der Waals surface area contributed by atoms with Gasteiger partial charge in [-0.05, 0) is 54.8 Å². The number of sulfonamides is 1. The van der Waals surface area contributed by atoms with Crippen molar-refractivity contribution in [1.29, 1.82) is 5.41 Å². The summed E-state index contributed by atoms with van der Waals surface area (Å²) in [5.74, 6) is 0.629. The number of methoxy groups -OCH3 is 1. The maximum absolute atomic E-state index is 13.3. The number of nitrogens with one attached hydrogen (secondary N) is 2. The molecule has 2 amide bonds. The maximum Gasteiger partial charge on any atom is 0.415 e. The molecular formula is C27H33N5O7S2. The summed E-state index contributed by atoms with van der Waals surface area (Å²) in [5.41, 5.74) is 6.52. The molecule has 12 nitrogen and oxygen atoms in total. The summed E-state index contributed by atoms with van der Waals surface area (Å²) in [5, 5.41) is 10.2. The molecule has 2 aromatic carbocycles. The van der Waals surface area contributed by atoms with Crippen molar-refractivity contribution in [2.45, 2.75) is 36.2 Å². The van der Waals surface area contributed by atoms with Crippen molar-refractivity contribution < 1.29 is 32.3 Å². The van der Waals surface area contributed by atoms with Crippen molar-refractivity contribution in [3.05, 3.63) is 59.7 Å². The van der Waals surface area contributed by atoms with Crippen molar-refractivity contribution >= 4 is 45.6 Å². The highest BCUT2D eigenvalue weighted by molar-refractivity contribution is 7.99. The molecular weight excluding hydrogens is 570 g/mol. The number of carbonyl (C=O) groups is 3. The second-order valence-corrected chi connectivity index (χ2v) is 12.7. The van der Waals surface area contributed by atoms with Crippen molar-refractivity contribution in [3.63, 3.8) is 0 Å². The highest BCUT2D eigenvalue weighted by Gasteiger charge is 2.40. The molecule has 0 aliphatic carbocycles. The van der Waals surface area contributed by atoms with Gasteiger partial charge in [0.25, 0.3) is 0 Å². The molecule has 4 N–H and O–H groups in total. The van der Waals surface area contributed by atoms with E-state index < -0.39 is 40.1 Å². The molecule has 2 fully saturated rings. The molecule has 0 aromatic heterocycles. The molecule has 2 heterocycles. The maximum atomic E-state index is 13.3. The average molecular weight is 604 g/mol. The van der Waals surface area contributed by atoms with E-state index in [1.165, 1.54) is 31.4 Å². The lowest BCUT2D eigenvalue weighted by molar-refractivity contribution is -0.145. The summed E-state index contributed by atoms with van der Waals surface area (Å²) in [6, 6.07) is 10.1. The SMILES string of the molecule is COC(=O)[C@H](Cc1ccc(OC(=O)N2CCSCC2)cc1)NC(=O)[C@@H]1CCCN1S(=O)(=O)c1ccc(C(=N)N)cc1. The molecule has 2 aromatic rings. The molecule has 14 heteroatoms. The number of nitrogens with zero attached hydrogens (tertiary/aromatic N) is 2. The fourth-order valence-corrected chi connectivity index (χ4v) is 7.24. The number of hydrogen-bond acceptors (Lipinski definition) is 9. The molecule has 0 bridgehead atoms. The van der Waals surface area contributed by atoms with E-state index >= 15 is 0 Å². The van der Waals surface area contributed by atoms with Gasteiger partial charge in [-0.25, -0.2) is 18.0 Å². The summed E-state index contributed by atoms with van der Waals surface area (Å²) in [6.45, 7) is 1.41. The Morgan fingerprint density at radius 3 is 2.34 bits per heavy atom. The lowest BCUT2D eigenvalue weighted by Crippen LogP contribution is -2.51. The van der Waals surface area contributed by atoms with Gasteiger partial charge in [-0.15, -0.1) is 0 Å². The van der Waals surface area contributed by atoms with Gasteiger partial charge in [-0.3, -0.25) is 10.2 Å². The Morgan fingerprint density at radius 2 is 1.73 bits per heavy atom. The van der Waals surface area contributed by atoms with E-state index in [0.29, 0.717) is 42.8 Å². The fourth-order valence-electron chi connectivity index (χ4n) is 4.68. The number of rotatable bonds is 9. The van der Waals surface area contributed by atoms with E-state index in [4.69, 9.17) is 20.6 Å². The van der Waals surface area contributed by atoms with Crippen molar-refractivity contribution in [3.8, 4) is 5.75 Å². The zero-order valence-corrected chi connectivity index (χ0v) is 24.2. The van der Waals surface area contributed by atoms with Gasteiger partial charge in [0.2, 0.25) is 15.9 Å². The first kappa shape index (κ1) is 30.3. The van der Waals surface area contributed by atoms with E-state index in [-0.39, 0.29) is 23.7 Å². The summed E-state index contributed by atoms with van der Waals surface area (Å²) in [6.07, 6.45) is 0.438. The van der Waals surface area contributed by atoms with Crippen LogP contribution in [0.4, 0.5) is 4.79 Å². The summed E-state index contributed by atoms with van der Waals surface area (Å²) in [4.78, 5) is 39.9. The van der Waals surface area contributed by atoms with Crippen LogP contribution in [-0.4, -0.2) is 91.8 Å². The standard InChI is InChI=1S/C27H33N5O7S2/c1-38-26(34)22(17-18-4-8-20(9-5-18)39-27(35)31-13-15-40-16-14-31)30-25(33)23-3-2-12-32(23)41(36,37)21-10-6-19(7-11-21)24(28)29/h4-11,22-23H,2-3,12-17H2,1H3,(H3,28,29)(H,30,33)/t22-,23-/m0/s1. The topological polar surface area (TPSA) is 172 Å². The predicted molar refractivity (Wildman–Crippen MR) is 153 cm³/mol. The zero-order chi connectivity index (χ0) is 29.6. The van der Waals surface area contributed by atoms with E-state index in [1.807, 2.05) is 0 Å². The zero-order valence-electron chi connectivity index (χ0n) is 22.6. The Morgan fingerprint density at radius 1 is 1.07 bits per heavy atom. The number of nitrogen functional groups attached to an aromatic ring is 1. The lowest BCUT2D eigenvalue weighted by Gasteiger charge is -2.26. The quantitative estimate of drug-likeness (QED) is 0.219. The Kier molecular flexibility index (Phi) is 9.89. The smallest absolute Gasteiger partial charge is 0.415 e. The second kappa shape index (κ2) is 13.4. The highest BCUT2D eigenvalue weighted by atomic mass is 32.2. The van der Waals surface area contributed by atoms with Gasteiger partial charge in [-0.1, -0.05) is 12.1 Å². The van der Waals surface area contributed by atoms with Crippen LogP contribution in [0.2, 0.25) is 0 Å². The van der Waals surface area contributed by atoms with Crippen LogP contribution < -0.4 is 15.8 Å². The first-order valence-electron chi connectivity index (χ1n) is 13.1. The second-order valence-electron chi connectivity index (χ2n) is 9.61. The third kappa shape index (κ3) is 7.37. The Hall–Kier alpha value is -3.62. The predicted octanol–water partition coefficient (Wildman–Crippen LogP) is 1.57. The van der Waals surface area contributed by atoms with Crippen LogP contribution in [0.3, 0.4) is 0 Å². The van der Waals surface area contributed by atoms with Gasteiger partial charge < -0.3 is 25.4 Å². The number of nitrogens with two attached hydrogens (primary N) is 1. The average Bonchev–Trinajstić information content (AvgIpc) is 3.49. The molecule has 2 saturated heterocycles. The minimum absolute atomic E-state index is 0.0216. The molecule has 2 atom stereocenters. The van der Waals surface area contributed by atoms with Gasteiger partial charge in [0.15, 0.2) is 0 Å². The van der Waals surface area contributed by atoms with Gasteiger partial charge in [0.1, 0.15) is 23.7 Å². The van der Waals surface area contributed by atoms with E-state index in [0.717, 1.165) is 15.8 Å². The highest BCUT2D eigenvalue weighted by Crippen LogP contribution is 2.27. The summed E-state index contributed by atoms with van der Waals surface area (Å²) in [7, 11) is -2.81. The van der Waals surface area contributed by atoms with Gasteiger partial charge in [-0.2, -0.15) is 16.1 Å². The van der Waals surface area contributed by atoms with Crippen LogP contribution >= 0.6 is 11.8 Å². The minimum atomic E-state index is -4.02. The van der Waals surface area contributed by atoms with Gasteiger partial charge in [0.05, 0.1) is 12.0 Å². The third-order valence-electron chi connectivity index (χ3n) is 6.92. The molecule has 41 heavy (non-hydrogen) atoms. The number of carbonyl (C=O) groups excluding carboxylic acids is 3. The Balaban J connectivity index is 1.42. The molecule has 0 unspecified atom stereocenters. The Labute approximate surface area is 243 Å². The fraction of sp³-hybridized carbons (Fsp3) is 0.407. The van der Waals surface area contributed by atoms with Crippen molar-refractivity contribution in [1.82, 2.24) is 14.5 Å². The number of thioether (sulfide) groups is 1. The molecule has 2 aliphatic rings. The molecule has 2 aliphatic heterocycles. The number of benzene rings is 2. The van der Waals surface area contributed by atoms with Crippen LogP contribution in [0.5, 0.6) is 5.75 Å². The largest absolute Gasteiger partial charge is 0.467 e. The number of esters is 1. The number of ether oxygens (including phenoxy) is 2. The number of amidine groups is 1. The first-order chi connectivity index (χ1) is 19.6. The van der Waals surface area contributed by atoms with Gasteiger partial charge >= 0.3 is 12.1 Å². The van der Waals surface area contributed by atoms with E-state index in [9.17, 15) is 22.8 Å². The lowest BCUT2D eigenvalue weighted by atomic mass is 10.0. The summed E-state index contributed by atoms with van der Waals surface area (Å²) < 4.78 is 38.1. The number of hydrogen-bond donors (Lipinski definition) is 3. The summed E-state index contributed by atoms with van der Waals surface area (Å²) >= 11 is 1.79. The normalized spacial score (nSPS) is 18.4. The van der Waals surface area contributed by atoms with E-state index in [2.05, 4.69) is 5.32 Å². The molecule has 4 rings (SSSR count).